The van der Waals surface area contributed by atoms with Gasteiger partial charge in [-0.15, -0.1) is 0 Å². The molecular formula is C11H14S. The molecule has 0 aromatic heterocycles. The number of thioether (sulfide) groups is 1. The molecule has 0 amide bonds. The van der Waals surface area contributed by atoms with Crippen molar-refractivity contribution in [1.82, 2.24) is 0 Å². The van der Waals surface area contributed by atoms with Crippen LogP contribution >= 0.6 is 11.8 Å². The molecular weight excluding hydrogens is 164 g/mol. The maximum Gasteiger partial charge on any atom is 0.0150 e. The molecule has 12 heavy (non-hydrogen) atoms. The molecule has 0 radical (unpaired) electrons. The van der Waals surface area contributed by atoms with Crippen LogP contribution in [-0.2, 0) is 0 Å². The first-order chi connectivity index (χ1) is 5.59. The molecule has 0 aliphatic rings. The van der Waals surface area contributed by atoms with Crippen LogP contribution in [-0.4, -0.2) is 0 Å². The summed E-state index contributed by atoms with van der Waals surface area (Å²) in [6.45, 7) is 10.2. The number of aryl methyl sites for hydroxylation is 2. The summed E-state index contributed by atoms with van der Waals surface area (Å²) < 4.78 is 0. The fourth-order valence-electron chi connectivity index (χ4n) is 1.00. The third kappa shape index (κ3) is 2.42. The molecule has 0 N–H and O–H groups in total. The molecule has 0 bridgehead atoms. The SMILES string of the molecule is C=C(C)Sc1cc(C)ccc1C. The molecule has 0 heterocycles. The molecule has 64 valence electrons. The van der Waals surface area contributed by atoms with Crippen LogP contribution in [0.25, 0.3) is 0 Å². The Bertz CT molecular complexity index is 300. The van der Waals surface area contributed by atoms with E-state index in [0.29, 0.717) is 0 Å². The lowest BCUT2D eigenvalue weighted by Gasteiger charge is -2.05. The van der Waals surface area contributed by atoms with Crippen molar-refractivity contribution in [2.45, 2.75) is 25.7 Å². The summed E-state index contributed by atoms with van der Waals surface area (Å²) in [5.41, 5.74) is 2.64. The Hall–Kier alpha value is -0.690. The van der Waals surface area contributed by atoms with E-state index in [2.05, 4.69) is 38.6 Å². The van der Waals surface area contributed by atoms with Gasteiger partial charge >= 0.3 is 0 Å². The highest BCUT2D eigenvalue weighted by molar-refractivity contribution is 8.03. The van der Waals surface area contributed by atoms with E-state index in [4.69, 9.17) is 0 Å². The lowest BCUT2D eigenvalue weighted by atomic mass is 10.2. The molecule has 0 atom stereocenters. The van der Waals surface area contributed by atoms with Crippen LogP contribution in [0.4, 0.5) is 0 Å². The van der Waals surface area contributed by atoms with Crippen molar-refractivity contribution in [3.8, 4) is 0 Å². The Morgan fingerprint density at radius 2 is 2.00 bits per heavy atom. The molecule has 0 saturated heterocycles. The highest BCUT2D eigenvalue weighted by atomic mass is 32.2. The Labute approximate surface area is 78.7 Å². The average Bonchev–Trinajstić information content (AvgIpc) is 1.96. The van der Waals surface area contributed by atoms with Gasteiger partial charge in [0.05, 0.1) is 0 Å². The smallest absolute Gasteiger partial charge is 0.0150 e. The average molecular weight is 178 g/mol. The molecule has 1 aromatic carbocycles. The molecule has 0 nitrogen and oxygen atoms in total. The number of allylic oxidation sites excluding steroid dienone is 1. The van der Waals surface area contributed by atoms with E-state index < -0.39 is 0 Å². The topological polar surface area (TPSA) is 0 Å². The van der Waals surface area contributed by atoms with Gasteiger partial charge in [0, 0.05) is 4.90 Å². The molecule has 0 spiro atoms. The number of hydrogen-bond acceptors (Lipinski definition) is 1. The Balaban J connectivity index is 2.97. The molecule has 0 saturated carbocycles. The highest BCUT2D eigenvalue weighted by Gasteiger charge is 1.98. The molecule has 0 aliphatic carbocycles. The molecule has 0 unspecified atom stereocenters. The van der Waals surface area contributed by atoms with Crippen molar-refractivity contribution >= 4 is 11.8 Å². The second-order valence-corrected chi connectivity index (χ2v) is 4.41. The van der Waals surface area contributed by atoms with Gasteiger partial charge in [0.1, 0.15) is 0 Å². The van der Waals surface area contributed by atoms with Gasteiger partial charge in [-0.3, -0.25) is 0 Å². The monoisotopic (exact) mass is 178 g/mol. The van der Waals surface area contributed by atoms with E-state index in [9.17, 15) is 0 Å². The number of rotatable bonds is 2. The third-order valence-electron chi connectivity index (χ3n) is 1.63. The molecule has 1 heteroatoms. The van der Waals surface area contributed by atoms with E-state index in [1.165, 1.54) is 16.0 Å². The molecule has 0 aliphatic heterocycles. The van der Waals surface area contributed by atoms with Gasteiger partial charge in [-0.25, -0.2) is 0 Å². The van der Waals surface area contributed by atoms with Crippen molar-refractivity contribution in [2.75, 3.05) is 0 Å². The van der Waals surface area contributed by atoms with Gasteiger partial charge in [-0.1, -0.05) is 30.5 Å². The summed E-state index contributed by atoms with van der Waals surface area (Å²) in [5.74, 6) is 0. The summed E-state index contributed by atoms with van der Waals surface area (Å²) >= 11 is 1.74. The van der Waals surface area contributed by atoms with Crippen LogP contribution in [0.1, 0.15) is 18.1 Å². The van der Waals surface area contributed by atoms with Gasteiger partial charge in [0.2, 0.25) is 0 Å². The number of hydrogen-bond donors (Lipinski definition) is 0. The summed E-state index contributed by atoms with van der Waals surface area (Å²) in [7, 11) is 0. The van der Waals surface area contributed by atoms with Crippen LogP contribution in [0.5, 0.6) is 0 Å². The third-order valence-corrected chi connectivity index (χ3v) is 2.64. The normalized spacial score (nSPS) is 9.92. The van der Waals surface area contributed by atoms with Crippen molar-refractivity contribution in [2.24, 2.45) is 0 Å². The van der Waals surface area contributed by atoms with Gasteiger partial charge in [-0.2, -0.15) is 0 Å². The van der Waals surface area contributed by atoms with Gasteiger partial charge < -0.3 is 0 Å². The first kappa shape index (κ1) is 9.40. The van der Waals surface area contributed by atoms with Gasteiger partial charge in [0.15, 0.2) is 0 Å². The second-order valence-electron chi connectivity index (χ2n) is 3.07. The van der Waals surface area contributed by atoms with Crippen LogP contribution in [0, 0.1) is 13.8 Å². The van der Waals surface area contributed by atoms with Crippen molar-refractivity contribution in [3.05, 3.63) is 40.8 Å². The van der Waals surface area contributed by atoms with E-state index >= 15 is 0 Å². The standard InChI is InChI=1S/C11H14S/c1-8(2)12-11-7-9(3)5-6-10(11)4/h5-7H,1H2,2-4H3. The van der Waals surface area contributed by atoms with E-state index in [1.54, 1.807) is 11.8 Å². The first-order valence-corrected chi connectivity index (χ1v) is 4.82. The first-order valence-electron chi connectivity index (χ1n) is 4.00. The maximum atomic E-state index is 3.88. The van der Waals surface area contributed by atoms with E-state index in [0.717, 1.165) is 4.91 Å². The van der Waals surface area contributed by atoms with Crippen LogP contribution in [0.2, 0.25) is 0 Å². The summed E-state index contributed by atoms with van der Waals surface area (Å²) in [6.07, 6.45) is 0. The lowest BCUT2D eigenvalue weighted by Crippen LogP contribution is -1.80. The Kier molecular flexibility index (Phi) is 2.99. The summed E-state index contributed by atoms with van der Waals surface area (Å²) in [5, 5.41) is 0. The second kappa shape index (κ2) is 3.81. The summed E-state index contributed by atoms with van der Waals surface area (Å²) in [6, 6.07) is 6.49. The minimum absolute atomic E-state index is 1.14. The van der Waals surface area contributed by atoms with Gasteiger partial charge in [0.25, 0.3) is 0 Å². The fourth-order valence-corrected chi connectivity index (χ4v) is 1.85. The molecule has 1 rings (SSSR count). The van der Waals surface area contributed by atoms with E-state index in [1.807, 2.05) is 6.92 Å². The maximum absolute atomic E-state index is 3.88. The highest BCUT2D eigenvalue weighted by Crippen LogP contribution is 2.28. The lowest BCUT2D eigenvalue weighted by molar-refractivity contribution is 1.26. The minimum Gasteiger partial charge on any atom is -0.0952 e. The molecule has 1 aromatic rings. The minimum atomic E-state index is 1.14. The van der Waals surface area contributed by atoms with Crippen molar-refractivity contribution in [1.29, 1.82) is 0 Å². The largest absolute Gasteiger partial charge is 0.0952 e. The van der Waals surface area contributed by atoms with Crippen molar-refractivity contribution < 1.29 is 0 Å². The quantitative estimate of drug-likeness (QED) is 0.618. The number of benzene rings is 1. The van der Waals surface area contributed by atoms with Crippen molar-refractivity contribution in [3.63, 3.8) is 0 Å². The van der Waals surface area contributed by atoms with Crippen LogP contribution < -0.4 is 0 Å². The predicted molar refractivity (Wildman–Crippen MR) is 56.6 cm³/mol. The van der Waals surface area contributed by atoms with E-state index in [-0.39, 0.29) is 0 Å². The zero-order chi connectivity index (χ0) is 9.14. The fraction of sp³-hybridized carbons (Fsp3) is 0.273. The van der Waals surface area contributed by atoms with Crippen LogP contribution in [0.3, 0.4) is 0 Å². The predicted octanol–water partition coefficient (Wildman–Crippen LogP) is 3.93. The summed E-state index contributed by atoms with van der Waals surface area (Å²) in [4.78, 5) is 2.46. The molecule has 0 fully saturated rings. The Morgan fingerprint density at radius 1 is 1.33 bits per heavy atom. The zero-order valence-corrected chi connectivity index (χ0v) is 8.66. The van der Waals surface area contributed by atoms with Gasteiger partial charge in [-0.05, 0) is 42.9 Å². The Morgan fingerprint density at radius 3 is 2.58 bits per heavy atom. The van der Waals surface area contributed by atoms with Crippen LogP contribution in [0.15, 0.2) is 34.6 Å². The zero-order valence-electron chi connectivity index (χ0n) is 7.85.